The minimum absolute atomic E-state index is 0.100. The number of hydrogen-bond acceptors (Lipinski definition) is 3. The van der Waals surface area contributed by atoms with Crippen LogP contribution in [0, 0.1) is 5.82 Å². The molecule has 0 aliphatic rings. The Morgan fingerprint density at radius 1 is 1.00 bits per heavy atom. The Balaban J connectivity index is 1.79. The number of halogens is 2. The van der Waals surface area contributed by atoms with Crippen molar-refractivity contribution in [3.63, 3.8) is 0 Å². The molecule has 0 atom stereocenters. The van der Waals surface area contributed by atoms with E-state index in [1.165, 1.54) is 48.0 Å². The molecule has 8 heteroatoms. The Bertz CT molecular complexity index is 1110. The van der Waals surface area contributed by atoms with Gasteiger partial charge in [0.1, 0.15) is 5.82 Å². The molecule has 0 unspecified atom stereocenters. The summed E-state index contributed by atoms with van der Waals surface area (Å²) in [6.07, 6.45) is 1.35. The van der Waals surface area contributed by atoms with Crippen molar-refractivity contribution in [3.8, 4) is 0 Å². The smallest absolute Gasteiger partial charge is 0.257 e. The summed E-state index contributed by atoms with van der Waals surface area (Å²) in [7, 11) is 0. The van der Waals surface area contributed by atoms with E-state index >= 15 is 0 Å². The van der Waals surface area contributed by atoms with Gasteiger partial charge in [-0.05, 0) is 42.5 Å². The maximum atomic E-state index is 14.0. The van der Waals surface area contributed by atoms with Crippen molar-refractivity contribution in [2.75, 3.05) is 10.6 Å². The molecule has 0 aliphatic carbocycles. The SMILES string of the molecule is CC(=O)Nc1ccc(NC(=O)c2ccc(=O)n(Cc3c(F)cccc3Cl)c2)cc1. The summed E-state index contributed by atoms with van der Waals surface area (Å²) < 4.78 is 15.2. The zero-order valence-corrected chi connectivity index (χ0v) is 16.2. The number of pyridine rings is 1. The van der Waals surface area contributed by atoms with E-state index in [1.807, 2.05) is 0 Å². The fraction of sp³-hybridized carbons (Fsp3) is 0.0952. The Hall–Kier alpha value is -3.45. The minimum Gasteiger partial charge on any atom is -0.326 e. The van der Waals surface area contributed by atoms with Gasteiger partial charge in [0.05, 0.1) is 12.1 Å². The predicted molar refractivity (Wildman–Crippen MR) is 110 cm³/mol. The summed E-state index contributed by atoms with van der Waals surface area (Å²) in [5.74, 6) is -1.16. The maximum absolute atomic E-state index is 14.0. The molecule has 0 aliphatic heterocycles. The number of anilines is 2. The molecule has 3 rings (SSSR count). The minimum atomic E-state index is -0.529. The van der Waals surface area contributed by atoms with Gasteiger partial charge in [0.2, 0.25) is 5.91 Å². The second-order valence-electron chi connectivity index (χ2n) is 6.30. The molecular formula is C21H17ClFN3O3. The summed E-state index contributed by atoms with van der Waals surface area (Å²) in [6.45, 7) is 1.30. The van der Waals surface area contributed by atoms with Gasteiger partial charge in [-0.25, -0.2) is 4.39 Å². The van der Waals surface area contributed by atoms with E-state index in [0.29, 0.717) is 11.4 Å². The van der Waals surface area contributed by atoms with Gasteiger partial charge < -0.3 is 15.2 Å². The van der Waals surface area contributed by atoms with Crippen LogP contribution in [0.25, 0.3) is 0 Å². The van der Waals surface area contributed by atoms with Gasteiger partial charge in [0.15, 0.2) is 0 Å². The molecular weight excluding hydrogens is 397 g/mol. The summed E-state index contributed by atoms with van der Waals surface area (Å²) in [5, 5.41) is 5.54. The van der Waals surface area contributed by atoms with Crippen molar-refractivity contribution < 1.29 is 14.0 Å². The van der Waals surface area contributed by atoms with Gasteiger partial charge in [0, 0.05) is 41.1 Å². The molecule has 2 amide bonds. The van der Waals surface area contributed by atoms with Gasteiger partial charge in [-0.1, -0.05) is 17.7 Å². The first-order chi connectivity index (χ1) is 13.8. The van der Waals surface area contributed by atoms with Crippen LogP contribution in [-0.4, -0.2) is 16.4 Å². The number of aromatic nitrogens is 1. The Kier molecular flexibility index (Phi) is 6.09. The predicted octanol–water partition coefficient (Wildman–Crippen LogP) is 3.90. The van der Waals surface area contributed by atoms with Gasteiger partial charge in [-0.15, -0.1) is 0 Å². The second kappa shape index (κ2) is 8.70. The van der Waals surface area contributed by atoms with Crippen LogP contribution in [0.3, 0.4) is 0 Å². The molecule has 3 aromatic rings. The lowest BCUT2D eigenvalue weighted by atomic mass is 10.2. The zero-order chi connectivity index (χ0) is 21.0. The van der Waals surface area contributed by atoms with Crippen LogP contribution in [0.15, 0.2) is 65.6 Å². The van der Waals surface area contributed by atoms with Crippen molar-refractivity contribution >= 4 is 34.8 Å². The van der Waals surface area contributed by atoms with Gasteiger partial charge >= 0.3 is 0 Å². The highest BCUT2D eigenvalue weighted by Crippen LogP contribution is 2.20. The highest BCUT2D eigenvalue weighted by Gasteiger charge is 2.12. The maximum Gasteiger partial charge on any atom is 0.257 e. The van der Waals surface area contributed by atoms with E-state index in [1.54, 1.807) is 24.3 Å². The van der Waals surface area contributed by atoms with E-state index < -0.39 is 11.7 Å². The summed E-state index contributed by atoms with van der Waals surface area (Å²) in [4.78, 5) is 35.7. The second-order valence-corrected chi connectivity index (χ2v) is 6.70. The molecule has 148 valence electrons. The summed E-state index contributed by atoms with van der Waals surface area (Å²) >= 11 is 6.02. The lowest BCUT2D eigenvalue weighted by molar-refractivity contribution is -0.114. The fourth-order valence-corrected chi connectivity index (χ4v) is 2.91. The van der Waals surface area contributed by atoms with Gasteiger partial charge in [-0.2, -0.15) is 0 Å². The Labute approximate surface area is 170 Å². The lowest BCUT2D eigenvalue weighted by Crippen LogP contribution is -2.23. The first kappa shape index (κ1) is 20.3. The van der Waals surface area contributed by atoms with Crippen molar-refractivity contribution in [3.05, 3.63) is 93.1 Å². The number of amides is 2. The molecule has 2 N–H and O–H groups in total. The molecule has 2 aromatic carbocycles. The third-order valence-electron chi connectivity index (χ3n) is 4.10. The van der Waals surface area contributed by atoms with E-state index in [2.05, 4.69) is 10.6 Å². The van der Waals surface area contributed by atoms with Crippen molar-refractivity contribution in [2.24, 2.45) is 0 Å². The third-order valence-corrected chi connectivity index (χ3v) is 4.45. The quantitative estimate of drug-likeness (QED) is 0.665. The molecule has 29 heavy (non-hydrogen) atoms. The van der Waals surface area contributed by atoms with Crippen molar-refractivity contribution in [2.45, 2.75) is 13.5 Å². The Morgan fingerprint density at radius 2 is 1.66 bits per heavy atom. The number of rotatable bonds is 5. The number of carbonyl (C=O) groups is 2. The van der Waals surface area contributed by atoms with Crippen LogP contribution in [0.2, 0.25) is 5.02 Å². The summed E-state index contributed by atoms with van der Waals surface area (Å²) in [5.41, 5.74) is 1.12. The van der Waals surface area contributed by atoms with E-state index in [9.17, 15) is 18.8 Å². The lowest BCUT2D eigenvalue weighted by Gasteiger charge is -2.11. The summed E-state index contributed by atoms with van der Waals surface area (Å²) in [6, 6.07) is 13.5. The first-order valence-electron chi connectivity index (χ1n) is 8.66. The molecule has 0 saturated heterocycles. The number of nitrogens with zero attached hydrogens (tertiary/aromatic N) is 1. The largest absolute Gasteiger partial charge is 0.326 e. The molecule has 1 heterocycles. The highest BCUT2D eigenvalue weighted by atomic mass is 35.5. The fourth-order valence-electron chi connectivity index (χ4n) is 2.69. The average molecular weight is 414 g/mol. The molecule has 0 fully saturated rings. The molecule has 0 saturated carbocycles. The van der Waals surface area contributed by atoms with Gasteiger partial charge in [-0.3, -0.25) is 14.4 Å². The number of carbonyl (C=O) groups excluding carboxylic acids is 2. The molecule has 0 radical (unpaired) electrons. The topological polar surface area (TPSA) is 80.2 Å². The molecule has 1 aromatic heterocycles. The van der Waals surface area contributed by atoms with Gasteiger partial charge in [0.25, 0.3) is 11.5 Å². The van der Waals surface area contributed by atoms with Crippen LogP contribution < -0.4 is 16.2 Å². The van der Waals surface area contributed by atoms with Crippen molar-refractivity contribution in [1.82, 2.24) is 4.57 Å². The first-order valence-corrected chi connectivity index (χ1v) is 9.03. The van der Waals surface area contributed by atoms with Crippen LogP contribution in [0.5, 0.6) is 0 Å². The molecule has 0 spiro atoms. The number of benzene rings is 2. The van der Waals surface area contributed by atoms with Crippen LogP contribution >= 0.6 is 11.6 Å². The standard InChI is InChI=1S/C21H17ClFN3O3/c1-13(27)24-15-6-8-16(9-7-15)25-21(29)14-5-10-20(28)26(11-14)12-17-18(22)3-2-4-19(17)23/h2-11H,12H2,1H3,(H,24,27)(H,25,29). The van der Waals surface area contributed by atoms with E-state index in [0.717, 1.165) is 0 Å². The highest BCUT2D eigenvalue weighted by molar-refractivity contribution is 6.31. The van der Waals surface area contributed by atoms with Crippen LogP contribution in [0.4, 0.5) is 15.8 Å². The average Bonchev–Trinajstić information content (AvgIpc) is 2.67. The Morgan fingerprint density at radius 3 is 2.28 bits per heavy atom. The van der Waals surface area contributed by atoms with Crippen molar-refractivity contribution in [1.29, 1.82) is 0 Å². The molecule has 0 bridgehead atoms. The zero-order valence-electron chi connectivity index (χ0n) is 15.4. The molecule has 6 nitrogen and oxygen atoms in total. The number of nitrogens with one attached hydrogen (secondary N) is 2. The van der Waals surface area contributed by atoms with E-state index in [4.69, 9.17) is 11.6 Å². The van der Waals surface area contributed by atoms with Crippen LogP contribution in [0.1, 0.15) is 22.8 Å². The normalized spacial score (nSPS) is 10.4. The third kappa shape index (κ3) is 5.08. The monoisotopic (exact) mass is 413 g/mol. The van der Waals surface area contributed by atoms with Crippen LogP contribution in [-0.2, 0) is 11.3 Å². The van der Waals surface area contributed by atoms with E-state index in [-0.39, 0.29) is 34.2 Å². The number of hydrogen-bond donors (Lipinski definition) is 2.